The third-order valence-electron chi connectivity index (χ3n) is 4.23. The van der Waals surface area contributed by atoms with Gasteiger partial charge >= 0.3 is 7.12 Å². The molecule has 0 amide bonds. The number of hydrogen-bond donors (Lipinski definition) is 1. The molecule has 0 aromatic carbocycles. The van der Waals surface area contributed by atoms with E-state index in [1.807, 2.05) is 12.2 Å². The molecule has 94 valence electrons. The van der Waals surface area contributed by atoms with Crippen LogP contribution in [0.1, 0.15) is 41.0 Å². The summed E-state index contributed by atoms with van der Waals surface area (Å²) < 4.78 is 12.2. The monoisotopic (exact) mass is 235 g/mol. The summed E-state index contributed by atoms with van der Waals surface area (Å²) >= 11 is 0. The quantitative estimate of drug-likeness (QED) is 0.710. The van der Waals surface area contributed by atoms with Crippen LogP contribution in [0, 0.1) is 0 Å². The third kappa shape index (κ3) is 2.04. The topological polar surface area (TPSA) is 44.5 Å². The Morgan fingerprint density at radius 1 is 1.12 bits per heavy atom. The minimum atomic E-state index is -0.277. The highest BCUT2D eigenvalue weighted by Gasteiger charge is 2.57. The average molecular weight is 235 g/mol. The summed E-state index contributed by atoms with van der Waals surface area (Å²) in [4.78, 5) is 0. The van der Waals surface area contributed by atoms with Crippen LogP contribution >= 0.6 is 0 Å². The lowest BCUT2D eigenvalue weighted by molar-refractivity contribution is 0.00578. The van der Waals surface area contributed by atoms with Gasteiger partial charge in [-0.15, -0.1) is 0 Å². The molecule has 1 aliphatic carbocycles. The van der Waals surface area contributed by atoms with Gasteiger partial charge in [0.2, 0.25) is 0 Å². The fourth-order valence-electron chi connectivity index (χ4n) is 2.05. The predicted molar refractivity (Wildman–Crippen MR) is 70.5 cm³/mol. The van der Waals surface area contributed by atoms with Gasteiger partial charge in [-0.1, -0.05) is 19.1 Å². The molecule has 0 aromatic heterocycles. The Kier molecular flexibility index (Phi) is 2.71. The molecule has 0 radical (unpaired) electrons. The van der Waals surface area contributed by atoms with E-state index in [1.54, 1.807) is 0 Å². The predicted octanol–water partition coefficient (Wildman–Crippen LogP) is 2.64. The van der Waals surface area contributed by atoms with Gasteiger partial charge in [-0.05, 0) is 40.2 Å². The molecule has 1 atom stereocenters. The summed E-state index contributed by atoms with van der Waals surface area (Å²) in [5.74, 6) is 0. The second-order valence-electron chi connectivity index (χ2n) is 6.34. The van der Waals surface area contributed by atoms with Gasteiger partial charge in [-0.3, -0.25) is 0 Å². The van der Waals surface area contributed by atoms with Gasteiger partial charge in [0.1, 0.15) is 0 Å². The maximum Gasteiger partial charge on any atom is 0.468 e. The second kappa shape index (κ2) is 3.63. The van der Waals surface area contributed by atoms with Crippen LogP contribution in [0.4, 0.5) is 0 Å². The molecule has 1 aliphatic heterocycles. The lowest BCUT2D eigenvalue weighted by atomic mass is 9.55. The van der Waals surface area contributed by atoms with Crippen LogP contribution in [-0.2, 0) is 9.31 Å². The van der Waals surface area contributed by atoms with Crippen molar-refractivity contribution in [2.75, 3.05) is 0 Å². The number of nitrogens with two attached hydrogens (primary N) is 1. The normalized spacial score (nSPS) is 34.9. The molecule has 2 N–H and O–H groups in total. The smallest absolute Gasteiger partial charge is 0.403 e. The van der Waals surface area contributed by atoms with E-state index < -0.39 is 0 Å². The van der Waals surface area contributed by atoms with Crippen LogP contribution in [-0.4, -0.2) is 18.3 Å². The Labute approximate surface area is 104 Å². The molecule has 4 heteroatoms. The van der Waals surface area contributed by atoms with E-state index in [4.69, 9.17) is 15.0 Å². The molecule has 17 heavy (non-hydrogen) atoms. The molecule has 1 unspecified atom stereocenters. The number of rotatable bonds is 1. The molecule has 0 saturated carbocycles. The molecule has 0 bridgehead atoms. The van der Waals surface area contributed by atoms with Crippen molar-refractivity contribution in [1.29, 1.82) is 0 Å². The lowest BCUT2D eigenvalue weighted by Crippen LogP contribution is -2.41. The van der Waals surface area contributed by atoms with Crippen molar-refractivity contribution in [3.8, 4) is 0 Å². The second-order valence-corrected chi connectivity index (χ2v) is 6.34. The van der Waals surface area contributed by atoms with Gasteiger partial charge in [-0.25, -0.2) is 0 Å². The maximum atomic E-state index is 6.10. The highest BCUT2D eigenvalue weighted by Crippen LogP contribution is 2.48. The lowest BCUT2D eigenvalue weighted by Gasteiger charge is -2.32. The van der Waals surface area contributed by atoms with Gasteiger partial charge in [0.25, 0.3) is 0 Å². The fraction of sp³-hybridized carbons (Fsp3) is 0.692. The minimum Gasteiger partial charge on any atom is -0.403 e. The highest BCUT2D eigenvalue weighted by molar-refractivity contribution is 6.50. The number of hydrogen-bond acceptors (Lipinski definition) is 3. The highest BCUT2D eigenvalue weighted by atomic mass is 16.7. The maximum absolute atomic E-state index is 6.10. The van der Waals surface area contributed by atoms with Crippen molar-refractivity contribution in [3.05, 3.63) is 23.9 Å². The first-order chi connectivity index (χ1) is 7.66. The van der Waals surface area contributed by atoms with Crippen molar-refractivity contribution in [3.63, 3.8) is 0 Å². The first kappa shape index (κ1) is 12.7. The van der Waals surface area contributed by atoms with Gasteiger partial charge < -0.3 is 15.0 Å². The Morgan fingerprint density at radius 3 is 2.06 bits per heavy atom. The summed E-state index contributed by atoms with van der Waals surface area (Å²) in [6, 6.07) is 0. The van der Waals surface area contributed by atoms with E-state index in [9.17, 15) is 0 Å². The van der Waals surface area contributed by atoms with Crippen LogP contribution in [0.2, 0.25) is 5.31 Å². The molecular formula is C13H22BNO2. The van der Waals surface area contributed by atoms with E-state index in [1.165, 1.54) is 0 Å². The molecule has 2 aliphatic rings. The molecule has 0 spiro atoms. The van der Waals surface area contributed by atoms with Crippen LogP contribution < -0.4 is 5.73 Å². The van der Waals surface area contributed by atoms with Crippen molar-refractivity contribution in [2.24, 2.45) is 5.73 Å². The van der Waals surface area contributed by atoms with Crippen LogP contribution in [0.25, 0.3) is 0 Å². The third-order valence-corrected chi connectivity index (χ3v) is 4.23. The fourth-order valence-corrected chi connectivity index (χ4v) is 2.05. The SMILES string of the molecule is CC1(B2OC(C)(C)C(C)(C)O2)C=CC(N)=CC1. The minimum absolute atomic E-state index is 0.131. The van der Waals surface area contributed by atoms with Gasteiger partial charge in [0.05, 0.1) is 11.2 Å². The van der Waals surface area contributed by atoms with Crippen molar-refractivity contribution >= 4 is 7.12 Å². The Morgan fingerprint density at radius 2 is 1.65 bits per heavy atom. The summed E-state index contributed by atoms with van der Waals surface area (Å²) in [5, 5.41) is -0.131. The van der Waals surface area contributed by atoms with E-state index in [2.05, 4.69) is 40.7 Å². The van der Waals surface area contributed by atoms with Gasteiger partial charge in [-0.2, -0.15) is 0 Å². The first-order valence-electron chi connectivity index (χ1n) is 6.17. The molecule has 2 rings (SSSR count). The van der Waals surface area contributed by atoms with Gasteiger partial charge in [0, 0.05) is 11.0 Å². The van der Waals surface area contributed by atoms with E-state index in [0.29, 0.717) is 0 Å². The number of allylic oxidation sites excluding steroid dienone is 3. The summed E-state index contributed by atoms with van der Waals surface area (Å²) in [7, 11) is -0.215. The van der Waals surface area contributed by atoms with Crippen molar-refractivity contribution in [1.82, 2.24) is 0 Å². The largest absolute Gasteiger partial charge is 0.468 e. The molecule has 3 nitrogen and oxygen atoms in total. The molecule has 1 saturated heterocycles. The Balaban J connectivity index is 2.20. The molecule has 1 heterocycles. The van der Waals surface area contributed by atoms with Gasteiger partial charge in [0.15, 0.2) is 0 Å². The van der Waals surface area contributed by atoms with Crippen molar-refractivity contribution in [2.45, 2.75) is 57.6 Å². The zero-order valence-electron chi connectivity index (χ0n) is 11.4. The van der Waals surface area contributed by atoms with Crippen molar-refractivity contribution < 1.29 is 9.31 Å². The molecule has 0 aromatic rings. The molecular weight excluding hydrogens is 213 g/mol. The Bertz CT molecular complexity index is 371. The standard InChI is InChI=1S/C13H22BNO2/c1-11(2)12(3,4)17-14(16-11)13(5)8-6-10(15)7-9-13/h6-8H,9,15H2,1-5H3. The average Bonchev–Trinajstić information content (AvgIpc) is 2.42. The first-order valence-corrected chi connectivity index (χ1v) is 6.17. The zero-order valence-corrected chi connectivity index (χ0v) is 11.4. The van der Waals surface area contributed by atoms with Crippen LogP contribution in [0.15, 0.2) is 23.9 Å². The Hall–Kier alpha value is -0.735. The molecule has 1 fully saturated rings. The van der Waals surface area contributed by atoms with Crippen LogP contribution in [0.3, 0.4) is 0 Å². The zero-order chi connectivity index (χ0) is 12.9. The summed E-state index contributed by atoms with van der Waals surface area (Å²) in [5.41, 5.74) is 6.02. The summed E-state index contributed by atoms with van der Waals surface area (Å²) in [6.07, 6.45) is 6.93. The van der Waals surface area contributed by atoms with E-state index in [-0.39, 0.29) is 23.6 Å². The summed E-state index contributed by atoms with van der Waals surface area (Å²) in [6.45, 7) is 10.5. The van der Waals surface area contributed by atoms with E-state index in [0.717, 1.165) is 12.1 Å². The van der Waals surface area contributed by atoms with Crippen LogP contribution in [0.5, 0.6) is 0 Å². The van der Waals surface area contributed by atoms with E-state index >= 15 is 0 Å².